The molecule has 1 atom stereocenters. The smallest absolute Gasteiger partial charge is 0.251 e. The number of benzene rings is 1. The van der Waals surface area contributed by atoms with Crippen molar-refractivity contribution in [3.05, 3.63) is 46.2 Å². The maximum atomic E-state index is 12.8. The van der Waals surface area contributed by atoms with Crippen molar-refractivity contribution in [3.63, 3.8) is 0 Å². The average Bonchev–Trinajstić information content (AvgIpc) is 3.28. The first-order valence-corrected chi connectivity index (χ1v) is 11.1. The van der Waals surface area contributed by atoms with Crippen molar-refractivity contribution in [1.29, 1.82) is 0 Å². The van der Waals surface area contributed by atoms with Crippen LogP contribution in [0, 0.1) is 0 Å². The van der Waals surface area contributed by atoms with Crippen LogP contribution in [-0.2, 0) is 4.74 Å². The molecule has 1 aliphatic rings. The molecule has 1 aromatic carbocycles. The first-order chi connectivity index (χ1) is 14.2. The van der Waals surface area contributed by atoms with Crippen molar-refractivity contribution in [3.8, 4) is 11.5 Å². The number of rotatable bonds is 10. The number of morpholine rings is 1. The third-order valence-electron chi connectivity index (χ3n) is 4.78. The second-order valence-electron chi connectivity index (χ2n) is 6.83. The molecule has 1 aliphatic heterocycles. The Hall–Kier alpha value is -2.09. The monoisotopic (exact) mass is 418 g/mol. The van der Waals surface area contributed by atoms with Gasteiger partial charge in [-0.15, -0.1) is 11.3 Å². The molecule has 6 nitrogen and oxygen atoms in total. The van der Waals surface area contributed by atoms with Crippen LogP contribution in [0.15, 0.2) is 35.7 Å². The van der Waals surface area contributed by atoms with Gasteiger partial charge >= 0.3 is 0 Å². The number of thiophene rings is 1. The highest BCUT2D eigenvalue weighted by Crippen LogP contribution is 2.29. The number of amides is 1. The Morgan fingerprint density at radius 2 is 2.03 bits per heavy atom. The minimum atomic E-state index is -0.109. The first-order valence-electron chi connectivity index (χ1n) is 10.3. The molecule has 1 unspecified atom stereocenters. The van der Waals surface area contributed by atoms with E-state index in [1.54, 1.807) is 23.5 Å². The van der Waals surface area contributed by atoms with Gasteiger partial charge in [-0.2, -0.15) is 0 Å². The summed E-state index contributed by atoms with van der Waals surface area (Å²) >= 11 is 1.72. The minimum Gasteiger partial charge on any atom is -0.490 e. The SMILES string of the molecule is CCCOc1ccc(C(=O)NCC(c2cccs2)N2CCOCC2)cc1OCC. The number of hydrogen-bond acceptors (Lipinski definition) is 6. The van der Waals surface area contributed by atoms with Gasteiger partial charge in [0.25, 0.3) is 5.91 Å². The van der Waals surface area contributed by atoms with Gasteiger partial charge < -0.3 is 19.5 Å². The summed E-state index contributed by atoms with van der Waals surface area (Å²) in [6.45, 7) is 8.87. The van der Waals surface area contributed by atoms with Crippen molar-refractivity contribution < 1.29 is 19.0 Å². The van der Waals surface area contributed by atoms with Crippen molar-refractivity contribution in [1.82, 2.24) is 10.2 Å². The van der Waals surface area contributed by atoms with Gasteiger partial charge in [0.15, 0.2) is 11.5 Å². The molecule has 2 aromatic rings. The molecule has 1 saturated heterocycles. The van der Waals surface area contributed by atoms with Crippen molar-refractivity contribution >= 4 is 17.2 Å². The molecular formula is C22H30N2O4S. The molecule has 0 radical (unpaired) electrons. The number of hydrogen-bond donors (Lipinski definition) is 1. The Kier molecular flexibility index (Phi) is 8.34. The number of nitrogens with zero attached hydrogens (tertiary/aromatic N) is 1. The Morgan fingerprint density at radius 1 is 1.21 bits per heavy atom. The molecule has 1 fully saturated rings. The lowest BCUT2D eigenvalue weighted by atomic mass is 10.1. The second-order valence-corrected chi connectivity index (χ2v) is 7.81. The summed E-state index contributed by atoms with van der Waals surface area (Å²) in [4.78, 5) is 16.5. The fourth-order valence-electron chi connectivity index (χ4n) is 3.32. The quantitative estimate of drug-likeness (QED) is 0.637. The average molecular weight is 419 g/mol. The normalized spacial score (nSPS) is 15.7. The fraction of sp³-hybridized carbons (Fsp3) is 0.500. The number of nitrogens with one attached hydrogen (secondary N) is 1. The molecule has 0 bridgehead atoms. The van der Waals surface area contributed by atoms with E-state index in [-0.39, 0.29) is 11.9 Å². The highest BCUT2D eigenvalue weighted by Gasteiger charge is 2.24. The molecular weight excluding hydrogens is 388 g/mol. The predicted octanol–water partition coefficient (Wildman–Crippen LogP) is 3.74. The molecule has 1 aromatic heterocycles. The van der Waals surface area contributed by atoms with Crippen LogP contribution < -0.4 is 14.8 Å². The summed E-state index contributed by atoms with van der Waals surface area (Å²) in [6.07, 6.45) is 0.916. The Bertz CT molecular complexity index is 760. The highest BCUT2D eigenvalue weighted by molar-refractivity contribution is 7.10. The van der Waals surface area contributed by atoms with Gasteiger partial charge in [-0.05, 0) is 43.0 Å². The minimum absolute atomic E-state index is 0.109. The van der Waals surface area contributed by atoms with Gasteiger partial charge in [0.05, 0.1) is 32.5 Å². The van der Waals surface area contributed by atoms with Crippen LogP contribution in [0.2, 0.25) is 0 Å². The Balaban J connectivity index is 1.68. The lowest BCUT2D eigenvalue weighted by Gasteiger charge is -2.34. The van der Waals surface area contributed by atoms with Crippen LogP contribution in [0.1, 0.15) is 41.5 Å². The molecule has 29 heavy (non-hydrogen) atoms. The molecule has 0 saturated carbocycles. The van der Waals surface area contributed by atoms with Crippen LogP contribution in [0.5, 0.6) is 11.5 Å². The van der Waals surface area contributed by atoms with Gasteiger partial charge in [-0.25, -0.2) is 0 Å². The van der Waals surface area contributed by atoms with Crippen LogP contribution in [0.4, 0.5) is 0 Å². The fourth-order valence-corrected chi connectivity index (χ4v) is 4.18. The largest absolute Gasteiger partial charge is 0.490 e. The van der Waals surface area contributed by atoms with Crippen molar-refractivity contribution in [2.75, 3.05) is 46.1 Å². The molecule has 1 N–H and O–H groups in total. The van der Waals surface area contributed by atoms with Gasteiger partial charge in [-0.3, -0.25) is 9.69 Å². The molecule has 3 rings (SSSR count). The summed E-state index contributed by atoms with van der Waals surface area (Å²) in [7, 11) is 0. The molecule has 0 spiro atoms. The number of carbonyl (C=O) groups excluding carboxylic acids is 1. The van der Waals surface area contributed by atoms with Crippen LogP contribution in [-0.4, -0.2) is 56.9 Å². The third kappa shape index (κ3) is 5.95. The summed E-state index contributed by atoms with van der Waals surface area (Å²) in [5, 5.41) is 5.18. The summed E-state index contributed by atoms with van der Waals surface area (Å²) in [6, 6.07) is 9.70. The van der Waals surface area contributed by atoms with Crippen LogP contribution in [0.3, 0.4) is 0 Å². The predicted molar refractivity (Wildman–Crippen MR) is 115 cm³/mol. The lowest BCUT2D eigenvalue weighted by Crippen LogP contribution is -2.43. The zero-order chi connectivity index (χ0) is 20.5. The molecule has 2 heterocycles. The van der Waals surface area contributed by atoms with Crippen molar-refractivity contribution in [2.24, 2.45) is 0 Å². The Labute approximate surface area is 176 Å². The second kappa shape index (κ2) is 11.2. The topological polar surface area (TPSA) is 60.0 Å². The zero-order valence-corrected chi connectivity index (χ0v) is 18.0. The third-order valence-corrected chi connectivity index (χ3v) is 5.75. The van der Waals surface area contributed by atoms with Gasteiger partial charge in [0.1, 0.15) is 0 Å². The molecule has 1 amide bonds. The summed E-state index contributed by atoms with van der Waals surface area (Å²) < 4.78 is 16.9. The lowest BCUT2D eigenvalue weighted by molar-refractivity contribution is 0.0169. The van der Waals surface area contributed by atoms with E-state index in [1.807, 2.05) is 13.0 Å². The Morgan fingerprint density at radius 3 is 2.72 bits per heavy atom. The van der Waals surface area contributed by atoms with E-state index in [0.717, 1.165) is 32.7 Å². The van der Waals surface area contributed by atoms with Crippen LogP contribution in [0.25, 0.3) is 0 Å². The van der Waals surface area contributed by atoms with Crippen molar-refractivity contribution in [2.45, 2.75) is 26.3 Å². The summed E-state index contributed by atoms with van der Waals surface area (Å²) in [5.41, 5.74) is 0.573. The number of ether oxygens (including phenoxy) is 3. The van der Waals surface area contributed by atoms with Gasteiger partial charge in [0.2, 0.25) is 0 Å². The molecule has 7 heteroatoms. The van der Waals surface area contributed by atoms with E-state index in [2.05, 4.69) is 34.7 Å². The van der Waals surface area contributed by atoms with E-state index in [1.165, 1.54) is 4.88 Å². The van der Waals surface area contributed by atoms with Crippen LogP contribution >= 0.6 is 11.3 Å². The van der Waals surface area contributed by atoms with E-state index in [9.17, 15) is 4.79 Å². The number of carbonyl (C=O) groups is 1. The molecule has 0 aliphatic carbocycles. The zero-order valence-electron chi connectivity index (χ0n) is 17.2. The molecule has 158 valence electrons. The maximum absolute atomic E-state index is 12.8. The van der Waals surface area contributed by atoms with E-state index >= 15 is 0 Å². The van der Waals surface area contributed by atoms with E-state index in [4.69, 9.17) is 14.2 Å². The maximum Gasteiger partial charge on any atom is 0.251 e. The van der Waals surface area contributed by atoms with E-state index < -0.39 is 0 Å². The first kappa shape index (κ1) is 21.6. The standard InChI is InChI=1S/C22H30N2O4S/c1-3-11-28-19-8-7-17(15-20(19)27-4-2)22(25)23-16-18(21-6-5-14-29-21)24-9-12-26-13-10-24/h5-8,14-15,18H,3-4,9-13,16H2,1-2H3,(H,23,25). The van der Waals surface area contributed by atoms with Gasteiger partial charge in [-0.1, -0.05) is 13.0 Å². The summed E-state index contributed by atoms with van der Waals surface area (Å²) in [5.74, 6) is 1.18. The van der Waals surface area contributed by atoms with Gasteiger partial charge in [0, 0.05) is 30.1 Å². The van der Waals surface area contributed by atoms with E-state index in [0.29, 0.717) is 36.8 Å². The highest BCUT2D eigenvalue weighted by atomic mass is 32.1.